The number of hydrogen-bond donors (Lipinski definition) is 0. The summed E-state index contributed by atoms with van der Waals surface area (Å²) in [5, 5.41) is 4.75. The minimum Gasteiger partial charge on any atom is -0.316 e. The number of benzene rings is 5. The van der Waals surface area contributed by atoms with E-state index in [9.17, 15) is 0 Å². The largest absolute Gasteiger partial charge is 0.316 e. The van der Waals surface area contributed by atoms with Crippen LogP contribution >= 0.6 is 0 Å². The summed E-state index contributed by atoms with van der Waals surface area (Å²) in [7, 11) is 0. The molecule has 0 aliphatic carbocycles. The van der Waals surface area contributed by atoms with Gasteiger partial charge in [-0.15, -0.1) is 0 Å². The van der Waals surface area contributed by atoms with E-state index < -0.39 is 0 Å². The van der Waals surface area contributed by atoms with Gasteiger partial charge >= 0.3 is 0 Å². The number of para-hydroxylation sites is 3. The fourth-order valence-electron chi connectivity index (χ4n) is 5.66. The topological polar surface area (TPSA) is 35.6 Å². The molecule has 0 N–H and O–H groups in total. The third-order valence-corrected chi connectivity index (χ3v) is 7.37. The summed E-state index contributed by atoms with van der Waals surface area (Å²) in [4.78, 5) is 9.53. The SMILES string of the molecule is c1ccc(-n2ccc3ccc4c(c5ccccc5n4-c4cccc(-c5ncc6ccccc6n5)c4)c32)cc1. The van der Waals surface area contributed by atoms with Gasteiger partial charge in [0.15, 0.2) is 5.82 Å². The summed E-state index contributed by atoms with van der Waals surface area (Å²) < 4.78 is 4.66. The molecule has 0 unspecified atom stereocenters. The Balaban J connectivity index is 1.40. The van der Waals surface area contributed by atoms with Crippen molar-refractivity contribution in [3.8, 4) is 22.8 Å². The average molecular weight is 487 g/mol. The van der Waals surface area contributed by atoms with Crippen LogP contribution in [-0.2, 0) is 0 Å². The molecule has 0 saturated heterocycles. The van der Waals surface area contributed by atoms with Gasteiger partial charge in [-0.2, -0.15) is 0 Å². The Hall–Kier alpha value is -5.22. The van der Waals surface area contributed by atoms with Crippen molar-refractivity contribution in [2.75, 3.05) is 0 Å². The molecule has 8 aromatic rings. The summed E-state index contributed by atoms with van der Waals surface area (Å²) in [6.07, 6.45) is 4.07. The van der Waals surface area contributed by atoms with Crippen molar-refractivity contribution in [3.05, 3.63) is 134 Å². The average Bonchev–Trinajstić information content (AvgIpc) is 3.57. The molecule has 0 spiro atoms. The van der Waals surface area contributed by atoms with Crippen LogP contribution in [0.15, 0.2) is 134 Å². The predicted molar refractivity (Wildman–Crippen MR) is 156 cm³/mol. The highest BCUT2D eigenvalue weighted by Crippen LogP contribution is 2.38. The lowest BCUT2D eigenvalue weighted by molar-refractivity contribution is 1.13. The van der Waals surface area contributed by atoms with Gasteiger partial charge in [-0.1, -0.05) is 72.8 Å². The maximum atomic E-state index is 4.85. The molecule has 4 nitrogen and oxygen atoms in total. The maximum Gasteiger partial charge on any atom is 0.159 e. The molecule has 4 heteroatoms. The van der Waals surface area contributed by atoms with E-state index in [2.05, 4.69) is 117 Å². The second-order valence-corrected chi connectivity index (χ2v) is 9.57. The first-order valence-electron chi connectivity index (χ1n) is 12.8. The molecule has 3 heterocycles. The van der Waals surface area contributed by atoms with E-state index in [0.717, 1.165) is 33.7 Å². The number of aromatic nitrogens is 4. The number of hydrogen-bond acceptors (Lipinski definition) is 2. The lowest BCUT2D eigenvalue weighted by Gasteiger charge is -2.11. The van der Waals surface area contributed by atoms with Gasteiger partial charge in [0.25, 0.3) is 0 Å². The molecule has 38 heavy (non-hydrogen) atoms. The summed E-state index contributed by atoms with van der Waals surface area (Å²) in [6, 6.07) is 42.5. The Morgan fingerprint density at radius 1 is 0.579 bits per heavy atom. The summed E-state index contributed by atoms with van der Waals surface area (Å²) in [5.74, 6) is 0.728. The van der Waals surface area contributed by atoms with E-state index in [1.165, 1.54) is 32.7 Å². The Labute approximate surface area is 219 Å². The molecule has 5 aromatic carbocycles. The third kappa shape index (κ3) is 3.10. The second kappa shape index (κ2) is 8.15. The van der Waals surface area contributed by atoms with E-state index >= 15 is 0 Å². The van der Waals surface area contributed by atoms with Gasteiger partial charge in [-0.05, 0) is 48.5 Å². The number of nitrogens with zero attached hydrogens (tertiary/aromatic N) is 4. The molecule has 0 fully saturated rings. The van der Waals surface area contributed by atoms with Crippen molar-refractivity contribution in [1.82, 2.24) is 19.1 Å². The standard InChI is InChI=1S/C34H22N4/c1-2-11-26(12-3-1)37-20-19-23-17-18-31-32(33(23)37)28-14-5-7-16-30(28)38(31)27-13-8-10-24(21-27)34-35-22-25-9-4-6-15-29(25)36-34/h1-22H. The van der Waals surface area contributed by atoms with Gasteiger partial charge in [0.05, 0.1) is 22.1 Å². The molecule has 178 valence electrons. The van der Waals surface area contributed by atoms with Gasteiger partial charge in [-0.25, -0.2) is 9.97 Å². The van der Waals surface area contributed by atoms with E-state index in [1.807, 2.05) is 30.5 Å². The Morgan fingerprint density at radius 2 is 1.39 bits per heavy atom. The molecule has 3 aromatic heterocycles. The van der Waals surface area contributed by atoms with E-state index in [-0.39, 0.29) is 0 Å². The van der Waals surface area contributed by atoms with Crippen molar-refractivity contribution in [1.29, 1.82) is 0 Å². The highest BCUT2D eigenvalue weighted by atomic mass is 15.0. The summed E-state index contributed by atoms with van der Waals surface area (Å²) in [5.41, 5.74) is 7.75. The zero-order valence-corrected chi connectivity index (χ0v) is 20.5. The van der Waals surface area contributed by atoms with Crippen LogP contribution in [0, 0.1) is 0 Å². The molecule has 0 atom stereocenters. The van der Waals surface area contributed by atoms with Crippen LogP contribution in [0.1, 0.15) is 0 Å². The molecule has 0 aliphatic heterocycles. The van der Waals surface area contributed by atoms with Crippen molar-refractivity contribution < 1.29 is 0 Å². The van der Waals surface area contributed by atoms with Crippen molar-refractivity contribution in [2.24, 2.45) is 0 Å². The molecular weight excluding hydrogens is 464 g/mol. The highest BCUT2D eigenvalue weighted by molar-refractivity contribution is 6.20. The lowest BCUT2D eigenvalue weighted by atomic mass is 10.1. The second-order valence-electron chi connectivity index (χ2n) is 9.57. The van der Waals surface area contributed by atoms with Gasteiger partial charge in [-0.3, -0.25) is 0 Å². The van der Waals surface area contributed by atoms with Gasteiger partial charge < -0.3 is 9.13 Å². The zero-order chi connectivity index (χ0) is 25.1. The Bertz CT molecular complexity index is 2130. The number of fused-ring (bicyclic) bond motifs is 6. The monoisotopic (exact) mass is 486 g/mol. The molecular formula is C34H22N4. The normalized spacial score (nSPS) is 11.7. The van der Waals surface area contributed by atoms with Crippen LogP contribution in [0.25, 0.3) is 66.4 Å². The first-order valence-corrected chi connectivity index (χ1v) is 12.8. The van der Waals surface area contributed by atoms with Crippen LogP contribution < -0.4 is 0 Å². The smallest absolute Gasteiger partial charge is 0.159 e. The van der Waals surface area contributed by atoms with Crippen LogP contribution in [0.4, 0.5) is 0 Å². The fourth-order valence-corrected chi connectivity index (χ4v) is 5.66. The Morgan fingerprint density at radius 3 is 2.34 bits per heavy atom. The lowest BCUT2D eigenvalue weighted by Crippen LogP contribution is -1.96. The molecule has 0 bridgehead atoms. The maximum absolute atomic E-state index is 4.85. The minimum absolute atomic E-state index is 0.728. The third-order valence-electron chi connectivity index (χ3n) is 7.37. The highest BCUT2D eigenvalue weighted by Gasteiger charge is 2.17. The summed E-state index contributed by atoms with van der Waals surface area (Å²) >= 11 is 0. The van der Waals surface area contributed by atoms with E-state index in [1.54, 1.807) is 0 Å². The van der Waals surface area contributed by atoms with Gasteiger partial charge in [0.2, 0.25) is 0 Å². The van der Waals surface area contributed by atoms with E-state index in [0.29, 0.717) is 0 Å². The Kier molecular flexibility index (Phi) is 4.49. The molecule has 0 radical (unpaired) electrons. The summed E-state index contributed by atoms with van der Waals surface area (Å²) in [6.45, 7) is 0. The minimum atomic E-state index is 0.728. The van der Waals surface area contributed by atoms with Gasteiger partial charge in [0.1, 0.15) is 0 Å². The molecule has 0 aliphatic rings. The molecule has 0 saturated carbocycles. The fraction of sp³-hybridized carbons (Fsp3) is 0. The van der Waals surface area contributed by atoms with Crippen molar-refractivity contribution in [3.63, 3.8) is 0 Å². The quantitative estimate of drug-likeness (QED) is 0.252. The first kappa shape index (κ1) is 20.9. The van der Waals surface area contributed by atoms with E-state index in [4.69, 9.17) is 4.98 Å². The van der Waals surface area contributed by atoms with Crippen LogP contribution in [0.5, 0.6) is 0 Å². The van der Waals surface area contributed by atoms with Crippen LogP contribution in [-0.4, -0.2) is 19.1 Å². The van der Waals surface area contributed by atoms with Crippen LogP contribution in [0.2, 0.25) is 0 Å². The van der Waals surface area contributed by atoms with Crippen molar-refractivity contribution >= 4 is 43.6 Å². The number of rotatable bonds is 3. The van der Waals surface area contributed by atoms with Gasteiger partial charge in [0, 0.05) is 50.9 Å². The zero-order valence-electron chi connectivity index (χ0n) is 20.5. The van der Waals surface area contributed by atoms with Crippen molar-refractivity contribution in [2.45, 2.75) is 0 Å². The molecule has 8 rings (SSSR count). The molecule has 0 amide bonds. The predicted octanol–water partition coefficient (Wildman–Crippen LogP) is 8.34. The van der Waals surface area contributed by atoms with Crippen LogP contribution in [0.3, 0.4) is 0 Å². The first-order chi connectivity index (χ1) is 18.8.